The molecule has 0 radical (unpaired) electrons. The third kappa shape index (κ3) is 9.23. The molecule has 17 nitrogen and oxygen atoms in total. The molecule has 1 aromatic rings. The van der Waals surface area contributed by atoms with Gasteiger partial charge in [0.1, 0.15) is 23.8 Å². The van der Waals surface area contributed by atoms with Crippen molar-refractivity contribution in [3.63, 3.8) is 0 Å². The number of carbonyl (C=O) groups is 8. The molecular formula is C35H52N8O9. The highest BCUT2D eigenvalue weighted by Crippen LogP contribution is 2.40. The van der Waals surface area contributed by atoms with Crippen LogP contribution in [0.15, 0.2) is 30.3 Å². The first-order valence-electron chi connectivity index (χ1n) is 17.3. The van der Waals surface area contributed by atoms with Crippen LogP contribution in [0.25, 0.3) is 0 Å². The maximum atomic E-state index is 14.1. The molecule has 2 aliphatic rings. The van der Waals surface area contributed by atoms with Crippen molar-refractivity contribution < 1.29 is 43.5 Å². The number of hydrogen-bond acceptors (Lipinski definition) is 9. The second-order valence-corrected chi connectivity index (χ2v) is 14.5. The average Bonchev–Trinajstić information content (AvgIpc) is 3.59. The molecule has 3 unspecified atom stereocenters. The van der Waals surface area contributed by atoms with Crippen LogP contribution in [0.5, 0.6) is 0 Å². The summed E-state index contributed by atoms with van der Waals surface area (Å²) in [6, 6.07) is 3.65. The second-order valence-electron chi connectivity index (χ2n) is 14.5. The monoisotopic (exact) mass is 728 g/mol. The largest absolute Gasteiger partial charge is 0.465 e. The van der Waals surface area contributed by atoms with E-state index in [1.54, 1.807) is 81.8 Å². The Morgan fingerprint density at radius 3 is 2.17 bits per heavy atom. The number of rotatable bonds is 14. The number of likely N-dealkylation sites (tertiary alicyclic amines) is 1. The second kappa shape index (κ2) is 17.0. The van der Waals surface area contributed by atoms with E-state index in [1.807, 2.05) is 0 Å². The summed E-state index contributed by atoms with van der Waals surface area (Å²) < 4.78 is 0. The molecule has 1 spiro atoms. The Bertz CT molecular complexity index is 1550. The van der Waals surface area contributed by atoms with Crippen molar-refractivity contribution in [3.05, 3.63) is 35.9 Å². The summed E-state index contributed by atoms with van der Waals surface area (Å²) in [5.74, 6) is -4.95. The molecule has 0 aliphatic carbocycles. The molecule has 5 N–H and O–H groups in total. The number of nitrogens with zero attached hydrogens (tertiary/aromatic N) is 4. The lowest BCUT2D eigenvalue weighted by atomic mass is 9.85. The van der Waals surface area contributed by atoms with Crippen LogP contribution >= 0.6 is 0 Å². The van der Waals surface area contributed by atoms with E-state index in [2.05, 4.69) is 21.3 Å². The standard InChI is InChI=1S/C35H52N8O9/c1-9-14-22(27(46)30(48)36-18-24(44)38-26(31(49)40(6)7)21-15-12-11-13-16-21)37-29(47)23-17-35(41(8)19-25(45)43(35)10-2)20-42(23)32(50)28(34(3,4)5)39-33(51)52/h11-13,15-16,22-23,26,28,39H,9-10,14,17-20H2,1-8H3,(H,36,48)(H,37,47)(H,38,44)(H,51,52)/t22?,23-,26?,28+,35?/m0/s1. The van der Waals surface area contributed by atoms with E-state index in [0.29, 0.717) is 12.0 Å². The van der Waals surface area contributed by atoms with Gasteiger partial charge in [-0.25, -0.2) is 4.79 Å². The van der Waals surface area contributed by atoms with Gasteiger partial charge in [-0.05, 0) is 31.4 Å². The lowest BCUT2D eigenvalue weighted by Gasteiger charge is -2.39. The van der Waals surface area contributed by atoms with E-state index >= 15 is 0 Å². The SMILES string of the molecule is CCCC(NC(=O)[C@@H]1CC2(CN1C(=O)[C@@H](NC(=O)O)C(C)(C)C)N(C)CC(=O)N2CC)C(=O)C(=O)NCC(=O)NC(C(=O)N(C)C)c1ccccc1. The molecule has 2 heterocycles. The Labute approximate surface area is 303 Å². The van der Waals surface area contributed by atoms with E-state index in [-0.39, 0.29) is 38.4 Å². The van der Waals surface area contributed by atoms with Gasteiger partial charge >= 0.3 is 6.09 Å². The lowest BCUT2D eigenvalue weighted by molar-refractivity contribution is -0.144. The Hall–Kier alpha value is -5.06. The van der Waals surface area contributed by atoms with Gasteiger partial charge in [-0.3, -0.25) is 38.5 Å². The number of hydrogen-bond donors (Lipinski definition) is 5. The van der Waals surface area contributed by atoms with Gasteiger partial charge in [0.2, 0.25) is 35.3 Å². The maximum absolute atomic E-state index is 14.1. The molecule has 17 heteroatoms. The third-order valence-corrected chi connectivity index (χ3v) is 9.46. The minimum Gasteiger partial charge on any atom is -0.465 e. The summed E-state index contributed by atoms with van der Waals surface area (Å²) in [5.41, 5.74) is -1.46. The van der Waals surface area contributed by atoms with Crippen LogP contribution in [-0.2, 0) is 33.6 Å². The van der Waals surface area contributed by atoms with Gasteiger partial charge in [0.25, 0.3) is 5.91 Å². The van der Waals surface area contributed by atoms with E-state index in [0.717, 1.165) is 0 Å². The third-order valence-electron chi connectivity index (χ3n) is 9.46. The fourth-order valence-electron chi connectivity index (χ4n) is 6.72. The lowest BCUT2D eigenvalue weighted by Crippen LogP contribution is -2.59. The summed E-state index contributed by atoms with van der Waals surface area (Å²) in [5, 5.41) is 19.3. The normalized spacial score (nSPS) is 20.5. The van der Waals surface area contributed by atoms with Crippen molar-refractivity contribution in [2.24, 2.45) is 5.41 Å². The van der Waals surface area contributed by atoms with E-state index in [4.69, 9.17) is 0 Å². The van der Waals surface area contributed by atoms with E-state index < -0.39 is 83.2 Å². The number of amides is 7. The van der Waals surface area contributed by atoms with Crippen LogP contribution in [0.3, 0.4) is 0 Å². The molecule has 2 aliphatic heterocycles. The van der Waals surface area contributed by atoms with Gasteiger partial charge in [0.15, 0.2) is 0 Å². The maximum Gasteiger partial charge on any atom is 0.405 e. The number of nitrogens with one attached hydrogen (secondary N) is 4. The molecule has 2 saturated heterocycles. The molecule has 5 atom stereocenters. The Kier molecular flexibility index (Phi) is 13.5. The van der Waals surface area contributed by atoms with Crippen LogP contribution in [0, 0.1) is 5.41 Å². The summed E-state index contributed by atoms with van der Waals surface area (Å²) in [7, 11) is 4.78. The van der Waals surface area contributed by atoms with Crippen LogP contribution in [0.1, 0.15) is 65.5 Å². The highest BCUT2D eigenvalue weighted by molar-refractivity contribution is 6.38. The Morgan fingerprint density at radius 1 is 1.00 bits per heavy atom. The molecule has 286 valence electrons. The van der Waals surface area contributed by atoms with Crippen molar-refractivity contribution in [3.8, 4) is 0 Å². The number of Topliss-reactive ketones (excluding diaryl/α,β-unsaturated/α-hetero) is 1. The van der Waals surface area contributed by atoms with Crippen molar-refractivity contribution in [2.45, 2.75) is 83.7 Å². The van der Waals surface area contributed by atoms with Crippen LogP contribution in [0.4, 0.5) is 4.79 Å². The van der Waals surface area contributed by atoms with Gasteiger partial charge < -0.3 is 41.1 Å². The van der Waals surface area contributed by atoms with Crippen LogP contribution < -0.4 is 21.3 Å². The molecule has 0 saturated carbocycles. The summed E-state index contributed by atoms with van der Waals surface area (Å²) in [6.07, 6.45) is -1.03. The number of benzene rings is 1. The number of carboxylic acid groups (broad SMARTS) is 1. The molecule has 0 aromatic heterocycles. The number of carbonyl (C=O) groups excluding carboxylic acids is 7. The molecule has 52 heavy (non-hydrogen) atoms. The van der Waals surface area contributed by atoms with Gasteiger partial charge in [-0.1, -0.05) is 64.4 Å². The molecular weight excluding hydrogens is 676 g/mol. The Morgan fingerprint density at radius 2 is 1.63 bits per heavy atom. The molecule has 0 bridgehead atoms. The first kappa shape index (κ1) is 41.4. The molecule has 1 aromatic carbocycles. The fourth-order valence-corrected chi connectivity index (χ4v) is 6.72. The van der Waals surface area contributed by atoms with Gasteiger partial charge in [0.05, 0.1) is 25.7 Å². The quantitative estimate of drug-likeness (QED) is 0.157. The summed E-state index contributed by atoms with van der Waals surface area (Å²) >= 11 is 0. The van der Waals surface area contributed by atoms with Crippen LogP contribution in [-0.4, -0.2) is 143 Å². The zero-order valence-electron chi connectivity index (χ0n) is 31.1. The highest BCUT2D eigenvalue weighted by atomic mass is 16.4. The van der Waals surface area contributed by atoms with E-state index in [9.17, 15) is 43.5 Å². The van der Waals surface area contributed by atoms with Gasteiger partial charge in [0, 0.05) is 27.1 Å². The van der Waals surface area contributed by atoms with Gasteiger partial charge in [-0.15, -0.1) is 0 Å². The smallest absolute Gasteiger partial charge is 0.405 e. The Balaban J connectivity index is 1.82. The minimum atomic E-state index is -1.43. The van der Waals surface area contributed by atoms with E-state index in [1.165, 1.54) is 23.9 Å². The van der Waals surface area contributed by atoms with Gasteiger partial charge in [-0.2, -0.15) is 0 Å². The first-order valence-corrected chi connectivity index (χ1v) is 17.3. The zero-order chi connectivity index (χ0) is 39.1. The average molecular weight is 729 g/mol. The minimum absolute atomic E-state index is 0.0295. The number of ketones is 1. The zero-order valence-corrected chi connectivity index (χ0v) is 31.1. The van der Waals surface area contributed by atoms with Crippen LogP contribution in [0.2, 0.25) is 0 Å². The predicted octanol–water partition coefficient (Wildman–Crippen LogP) is -0.324. The topological polar surface area (TPSA) is 218 Å². The number of likely N-dealkylation sites (N-methyl/N-ethyl adjacent to an activating group) is 3. The summed E-state index contributed by atoms with van der Waals surface area (Å²) in [6.45, 7) is 8.14. The van der Waals surface area contributed by atoms with Crippen molar-refractivity contribution in [2.75, 3.05) is 47.3 Å². The van der Waals surface area contributed by atoms with Crippen molar-refractivity contribution in [1.82, 2.24) is 40.9 Å². The summed E-state index contributed by atoms with van der Waals surface area (Å²) in [4.78, 5) is 111. The van der Waals surface area contributed by atoms with Crippen molar-refractivity contribution in [1.29, 1.82) is 0 Å². The first-order chi connectivity index (χ1) is 24.3. The van der Waals surface area contributed by atoms with Crippen molar-refractivity contribution >= 4 is 47.3 Å². The molecule has 3 rings (SSSR count). The fraction of sp³-hybridized carbons (Fsp3) is 0.600. The predicted molar refractivity (Wildman–Crippen MR) is 188 cm³/mol. The molecule has 2 fully saturated rings. The highest BCUT2D eigenvalue weighted by Gasteiger charge is 2.59. The molecule has 7 amide bonds.